The van der Waals surface area contributed by atoms with Crippen molar-refractivity contribution in [2.75, 3.05) is 19.6 Å². The van der Waals surface area contributed by atoms with Gasteiger partial charge in [0.05, 0.1) is 0 Å². The second-order valence-electron chi connectivity index (χ2n) is 5.07. The minimum atomic E-state index is 0.706. The smallest absolute Gasteiger partial charge is 0.0233 e. The van der Waals surface area contributed by atoms with Gasteiger partial charge < -0.3 is 5.32 Å². The number of hydrogen-bond acceptors (Lipinski definition) is 2. The van der Waals surface area contributed by atoms with Crippen LogP contribution in [0.15, 0.2) is 43.0 Å². The highest BCUT2D eigenvalue weighted by Crippen LogP contribution is 2.13. The van der Waals surface area contributed by atoms with Gasteiger partial charge in [0.1, 0.15) is 0 Å². The van der Waals surface area contributed by atoms with Crippen molar-refractivity contribution in [1.29, 1.82) is 0 Å². The molecule has 1 N–H and O–H groups in total. The molecule has 0 saturated carbocycles. The molecule has 0 aliphatic carbocycles. The quantitative estimate of drug-likeness (QED) is 0.611. The molecule has 1 aromatic carbocycles. The average molecular weight is 244 g/mol. The Balaban J connectivity index is 1.68. The van der Waals surface area contributed by atoms with Crippen LogP contribution in [-0.4, -0.2) is 30.6 Å². The minimum absolute atomic E-state index is 0.706. The minimum Gasteiger partial charge on any atom is -0.314 e. The van der Waals surface area contributed by atoms with Gasteiger partial charge in [-0.05, 0) is 44.5 Å². The molecule has 0 amide bonds. The molecule has 1 fully saturated rings. The van der Waals surface area contributed by atoms with E-state index >= 15 is 0 Å². The van der Waals surface area contributed by atoms with Gasteiger partial charge in [-0.2, -0.15) is 0 Å². The molecule has 0 spiro atoms. The average Bonchev–Trinajstić information content (AvgIpc) is 2.42. The van der Waals surface area contributed by atoms with Crippen LogP contribution in [-0.2, 0) is 6.54 Å². The third-order valence-electron chi connectivity index (χ3n) is 3.62. The lowest BCUT2D eigenvalue weighted by atomic mass is 10.0. The zero-order chi connectivity index (χ0) is 12.6. The van der Waals surface area contributed by atoms with Crippen molar-refractivity contribution in [3.8, 4) is 0 Å². The fourth-order valence-electron chi connectivity index (χ4n) is 2.53. The van der Waals surface area contributed by atoms with E-state index in [0.29, 0.717) is 6.04 Å². The standard InChI is InChI=1S/C16H24N2/c1-2-3-11-17-16-9-12-18(13-10-16)14-15-7-5-4-6-8-15/h2,4-8,16-17H,1,3,9-14H2. The van der Waals surface area contributed by atoms with Gasteiger partial charge in [-0.1, -0.05) is 36.4 Å². The van der Waals surface area contributed by atoms with Crippen LogP contribution in [0.2, 0.25) is 0 Å². The summed E-state index contributed by atoms with van der Waals surface area (Å²) in [6.45, 7) is 8.35. The van der Waals surface area contributed by atoms with Crippen molar-refractivity contribution in [1.82, 2.24) is 10.2 Å². The summed E-state index contributed by atoms with van der Waals surface area (Å²) in [7, 11) is 0. The summed E-state index contributed by atoms with van der Waals surface area (Å²) in [5.41, 5.74) is 1.43. The Morgan fingerprint density at radius 3 is 2.61 bits per heavy atom. The molecule has 0 bridgehead atoms. The van der Waals surface area contributed by atoms with Gasteiger partial charge in [0, 0.05) is 12.6 Å². The van der Waals surface area contributed by atoms with E-state index in [0.717, 1.165) is 19.5 Å². The highest BCUT2D eigenvalue weighted by molar-refractivity contribution is 5.14. The fourth-order valence-corrected chi connectivity index (χ4v) is 2.53. The molecule has 0 radical (unpaired) electrons. The van der Waals surface area contributed by atoms with Crippen LogP contribution in [0, 0.1) is 0 Å². The first-order chi connectivity index (χ1) is 8.88. The third-order valence-corrected chi connectivity index (χ3v) is 3.62. The first-order valence-corrected chi connectivity index (χ1v) is 6.99. The molecule has 98 valence electrons. The molecule has 1 aliphatic rings. The van der Waals surface area contributed by atoms with E-state index in [9.17, 15) is 0 Å². The van der Waals surface area contributed by atoms with Crippen LogP contribution in [0.1, 0.15) is 24.8 Å². The van der Waals surface area contributed by atoms with Gasteiger partial charge in [-0.3, -0.25) is 4.90 Å². The molecule has 2 rings (SSSR count). The van der Waals surface area contributed by atoms with Crippen LogP contribution < -0.4 is 5.32 Å². The zero-order valence-electron chi connectivity index (χ0n) is 11.1. The summed E-state index contributed by atoms with van der Waals surface area (Å²) >= 11 is 0. The second-order valence-corrected chi connectivity index (χ2v) is 5.07. The summed E-state index contributed by atoms with van der Waals surface area (Å²) in [6.07, 6.45) is 5.59. The van der Waals surface area contributed by atoms with E-state index < -0.39 is 0 Å². The van der Waals surface area contributed by atoms with E-state index in [1.165, 1.54) is 31.5 Å². The molecular formula is C16H24N2. The van der Waals surface area contributed by atoms with Crippen molar-refractivity contribution in [2.45, 2.75) is 31.8 Å². The van der Waals surface area contributed by atoms with E-state index in [4.69, 9.17) is 0 Å². The Hall–Kier alpha value is -1.12. The van der Waals surface area contributed by atoms with Gasteiger partial charge >= 0.3 is 0 Å². The number of piperidine rings is 1. The largest absolute Gasteiger partial charge is 0.314 e. The maximum atomic E-state index is 3.75. The van der Waals surface area contributed by atoms with Gasteiger partial charge in [-0.25, -0.2) is 0 Å². The Labute approximate surface area is 111 Å². The maximum absolute atomic E-state index is 3.75. The number of benzene rings is 1. The van der Waals surface area contributed by atoms with Crippen molar-refractivity contribution >= 4 is 0 Å². The van der Waals surface area contributed by atoms with Gasteiger partial charge in [-0.15, -0.1) is 6.58 Å². The lowest BCUT2D eigenvalue weighted by molar-refractivity contribution is 0.191. The first-order valence-electron chi connectivity index (χ1n) is 6.99. The SMILES string of the molecule is C=CCCNC1CCN(Cc2ccccc2)CC1. The zero-order valence-corrected chi connectivity index (χ0v) is 11.1. The van der Waals surface area contributed by atoms with Gasteiger partial charge in [0.15, 0.2) is 0 Å². The Morgan fingerprint density at radius 2 is 1.94 bits per heavy atom. The van der Waals surface area contributed by atoms with E-state index in [-0.39, 0.29) is 0 Å². The molecule has 2 nitrogen and oxygen atoms in total. The van der Waals surface area contributed by atoms with Crippen LogP contribution in [0.4, 0.5) is 0 Å². The van der Waals surface area contributed by atoms with Crippen LogP contribution in [0.25, 0.3) is 0 Å². The summed E-state index contributed by atoms with van der Waals surface area (Å²) < 4.78 is 0. The summed E-state index contributed by atoms with van der Waals surface area (Å²) in [6, 6.07) is 11.5. The van der Waals surface area contributed by atoms with Crippen molar-refractivity contribution in [3.63, 3.8) is 0 Å². The fraction of sp³-hybridized carbons (Fsp3) is 0.500. The van der Waals surface area contributed by atoms with Gasteiger partial charge in [0.25, 0.3) is 0 Å². The number of rotatable bonds is 6. The highest BCUT2D eigenvalue weighted by atomic mass is 15.1. The predicted octanol–water partition coefficient (Wildman–Crippen LogP) is 2.82. The van der Waals surface area contributed by atoms with Gasteiger partial charge in [0.2, 0.25) is 0 Å². The van der Waals surface area contributed by atoms with E-state index in [2.05, 4.69) is 47.1 Å². The van der Waals surface area contributed by atoms with E-state index in [1.54, 1.807) is 0 Å². The Morgan fingerprint density at radius 1 is 1.22 bits per heavy atom. The van der Waals surface area contributed by atoms with Crippen LogP contribution >= 0.6 is 0 Å². The molecule has 2 heteroatoms. The maximum Gasteiger partial charge on any atom is 0.0233 e. The lowest BCUT2D eigenvalue weighted by Crippen LogP contribution is -2.42. The Bertz CT molecular complexity index is 339. The second kappa shape index (κ2) is 7.34. The summed E-state index contributed by atoms with van der Waals surface area (Å²) in [4.78, 5) is 2.56. The number of nitrogens with zero attached hydrogens (tertiary/aromatic N) is 1. The molecule has 1 aromatic rings. The molecule has 1 saturated heterocycles. The summed E-state index contributed by atoms with van der Waals surface area (Å²) in [5, 5.41) is 3.61. The monoisotopic (exact) mass is 244 g/mol. The molecule has 1 heterocycles. The van der Waals surface area contributed by atoms with Crippen molar-refractivity contribution in [3.05, 3.63) is 48.6 Å². The molecular weight excluding hydrogens is 220 g/mol. The van der Waals surface area contributed by atoms with E-state index in [1.807, 2.05) is 6.08 Å². The first kappa shape index (κ1) is 13.3. The number of hydrogen-bond donors (Lipinski definition) is 1. The summed E-state index contributed by atoms with van der Waals surface area (Å²) in [5.74, 6) is 0. The van der Waals surface area contributed by atoms with Crippen LogP contribution in [0.3, 0.4) is 0 Å². The highest BCUT2D eigenvalue weighted by Gasteiger charge is 2.18. The number of likely N-dealkylation sites (tertiary alicyclic amines) is 1. The third kappa shape index (κ3) is 4.28. The molecule has 0 atom stereocenters. The molecule has 0 aromatic heterocycles. The molecule has 18 heavy (non-hydrogen) atoms. The molecule has 1 aliphatic heterocycles. The Kier molecular flexibility index (Phi) is 5.43. The van der Waals surface area contributed by atoms with Crippen LogP contribution in [0.5, 0.6) is 0 Å². The van der Waals surface area contributed by atoms with Crippen molar-refractivity contribution < 1.29 is 0 Å². The molecule has 0 unspecified atom stereocenters. The predicted molar refractivity (Wildman–Crippen MR) is 77.6 cm³/mol. The normalized spacial score (nSPS) is 17.8. The topological polar surface area (TPSA) is 15.3 Å². The van der Waals surface area contributed by atoms with Crippen molar-refractivity contribution in [2.24, 2.45) is 0 Å². The lowest BCUT2D eigenvalue weighted by Gasteiger charge is -2.32. The number of nitrogens with one attached hydrogen (secondary N) is 1.